The van der Waals surface area contributed by atoms with Gasteiger partial charge in [0.05, 0.1) is 6.54 Å². The van der Waals surface area contributed by atoms with Crippen LogP contribution in [0.3, 0.4) is 0 Å². The minimum absolute atomic E-state index is 0.161. The van der Waals surface area contributed by atoms with Crippen molar-refractivity contribution < 1.29 is 27.9 Å². The summed E-state index contributed by atoms with van der Waals surface area (Å²) >= 11 is 0. The molecule has 2 amide bonds. The number of rotatable bonds is 6. The second-order valence-electron chi connectivity index (χ2n) is 9.90. The number of alkyl halides is 3. The average molecular weight is 609 g/mol. The van der Waals surface area contributed by atoms with Gasteiger partial charge in [-0.15, -0.1) is 0 Å². The number of amides is 2. The Morgan fingerprint density at radius 1 is 0.909 bits per heavy atom. The molecule has 13 heteroatoms. The summed E-state index contributed by atoms with van der Waals surface area (Å²) in [6.07, 6.45) is -5.08. The van der Waals surface area contributed by atoms with Gasteiger partial charge in [-0.25, -0.2) is 14.3 Å². The Labute approximate surface area is 251 Å². The number of nitrogens with zero attached hydrogens (tertiary/aromatic N) is 3. The summed E-state index contributed by atoms with van der Waals surface area (Å²) in [5, 5.41) is 20.9. The second kappa shape index (κ2) is 14.3. The molecule has 0 aliphatic carbocycles. The lowest BCUT2D eigenvalue weighted by Crippen LogP contribution is -2.44. The fraction of sp³-hybridized carbons (Fsp3) is 0.226. The number of aliphatic carboxylic acids is 1. The second-order valence-corrected chi connectivity index (χ2v) is 9.90. The van der Waals surface area contributed by atoms with Crippen LogP contribution in [0, 0.1) is 6.92 Å². The third-order valence-electron chi connectivity index (χ3n) is 6.67. The van der Waals surface area contributed by atoms with E-state index in [0.717, 1.165) is 54.3 Å². The maximum atomic E-state index is 12.7. The minimum atomic E-state index is -5.08. The van der Waals surface area contributed by atoms with Crippen LogP contribution in [0.1, 0.15) is 11.1 Å². The zero-order valence-electron chi connectivity index (χ0n) is 23.8. The van der Waals surface area contributed by atoms with Gasteiger partial charge in [-0.3, -0.25) is 4.79 Å². The molecule has 230 valence electrons. The Kier molecular flexibility index (Phi) is 10.3. The monoisotopic (exact) mass is 608 g/mol. The van der Waals surface area contributed by atoms with Gasteiger partial charge in [-0.2, -0.15) is 18.3 Å². The van der Waals surface area contributed by atoms with Crippen LogP contribution in [0.25, 0.3) is 11.1 Å². The van der Waals surface area contributed by atoms with Crippen LogP contribution in [0.5, 0.6) is 0 Å². The van der Waals surface area contributed by atoms with Crippen molar-refractivity contribution in [2.75, 3.05) is 41.7 Å². The quantitative estimate of drug-likeness (QED) is 0.244. The van der Waals surface area contributed by atoms with Crippen molar-refractivity contribution in [1.29, 1.82) is 0 Å². The molecule has 1 fully saturated rings. The Hall–Kier alpha value is -5.17. The van der Waals surface area contributed by atoms with E-state index in [1.54, 1.807) is 12.1 Å². The number of piperazine rings is 1. The Bertz CT molecular complexity index is 1640. The normalized spacial score (nSPS) is 13.0. The van der Waals surface area contributed by atoms with Gasteiger partial charge in [0.2, 0.25) is 0 Å². The van der Waals surface area contributed by atoms with Crippen molar-refractivity contribution in [3.05, 3.63) is 106 Å². The third-order valence-corrected chi connectivity index (χ3v) is 6.67. The molecule has 1 aliphatic rings. The first kappa shape index (κ1) is 31.8. The largest absolute Gasteiger partial charge is 0.490 e. The molecule has 4 aromatic rings. The van der Waals surface area contributed by atoms with E-state index >= 15 is 0 Å². The zero-order valence-corrected chi connectivity index (χ0v) is 23.8. The number of urea groups is 1. The molecule has 4 N–H and O–H groups in total. The fourth-order valence-corrected chi connectivity index (χ4v) is 4.35. The van der Waals surface area contributed by atoms with Crippen molar-refractivity contribution in [2.45, 2.75) is 19.6 Å². The predicted molar refractivity (Wildman–Crippen MR) is 162 cm³/mol. The number of carbonyl (C=O) groups excluding carboxylic acids is 1. The van der Waals surface area contributed by atoms with E-state index in [2.05, 4.69) is 38.1 Å². The molecule has 0 radical (unpaired) electrons. The van der Waals surface area contributed by atoms with E-state index in [4.69, 9.17) is 9.90 Å². The standard InChI is InChI=1S/C29H30N6O2.C2HF3O2/c1-21-7-8-22(20-35-28(36)14-13-27(33-35)34-17-15-30-16-18-34)19-26(21)32-29(37)31-25-11-9-24(10-12-25)23-5-3-2-4-6-23;3-2(4,5)1(6)7/h2-14,19,30H,15-18,20H2,1H3,(H2,31,32,37);(H,6,7). The number of hydrogen-bond acceptors (Lipinski definition) is 6. The smallest absolute Gasteiger partial charge is 0.475 e. The molecule has 1 aliphatic heterocycles. The molecule has 10 nitrogen and oxygen atoms in total. The molecule has 1 saturated heterocycles. The van der Waals surface area contributed by atoms with Gasteiger partial charge in [0.15, 0.2) is 0 Å². The van der Waals surface area contributed by atoms with Gasteiger partial charge in [-0.05, 0) is 53.4 Å². The fourth-order valence-electron chi connectivity index (χ4n) is 4.35. The summed E-state index contributed by atoms with van der Waals surface area (Å²) in [5.41, 5.74) is 5.23. The molecular formula is C31H31F3N6O4. The SMILES string of the molecule is Cc1ccc(Cn2nc(N3CCNCC3)ccc2=O)cc1NC(=O)Nc1ccc(-c2ccccc2)cc1.O=C(O)C(F)(F)F. The van der Waals surface area contributed by atoms with Gasteiger partial charge >= 0.3 is 18.2 Å². The van der Waals surface area contributed by atoms with E-state index < -0.39 is 12.1 Å². The highest BCUT2D eigenvalue weighted by Gasteiger charge is 2.38. The van der Waals surface area contributed by atoms with Crippen LogP contribution >= 0.6 is 0 Å². The first-order valence-corrected chi connectivity index (χ1v) is 13.7. The summed E-state index contributed by atoms with van der Waals surface area (Å²) in [6.45, 7) is 5.75. The predicted octanol–water partition coefficient (Wildman–Crippen LogP) is 4.95. The van der Waals surface area contributed by atoms with Gasteiger partial charge in [0.25, 0.3) is 5.56 Å². The summed E-state index contributed by atoms with van der Waals surface area (Å²) in [7, 11) is 0. The molecule has 44 heavy (non-hydrogen) atoms. The maximum absolute atomic E-state index is 12.7. The molecule has 1 aromatic heterocycles. The number of carboxylic acids is 1. The zero-order chi connectivity index (χ0) is 31.7. The first-order chi connectivity index (χ1) is 21.0. The van der Waals surface area contributed by atoms with Gasteiger partial charge in [0, 0.05) is 43.6 Å². The van der Waals surface area contributed by atoms with Crippen LogP contribution in [-0.4, -0.2) is 59.2 Å². The molecule has 0 atom stereocenters. The molecule has 0 saturated carbocycles. The Balaban J connectivity index is 0.000000566. The Morgan fingerprint density at radius 3 is 2.18 bits per heavy atom. The summed E-state index contributed by atoms with van der Waals surface area (Å²) in [6, 6.07) is 26.6. The number of halogens is 3. The topological polar surface area (TPSA) is 129 Å². The molecule has 5 rings (SSSR count). The summed E-state index contributed by atoms with van der Waals surface area (Å²) in [5.74, 6) is -1.96. The van der Waals surface area contributed by atoms with E-state index in [-0.39, 0.29) is 11.6 Å². The lowest BCUT2D eigenvalue weighted by molar-refractivity contribution is -0.192. The molecule has 0 bridgehead atoms. The van der Waals surface area contributed by atoms with Crippen LogP contribution in [0.15, 0.2) is 89.7 Å². The molecule has 3 aromatic carbocycles. The summed E-state index contributed by atoms with van der Waals surface area (Å²) in [4.78, 5) is 36.3. The van der Waals surface area contributed by atoms with Crippen molar-refractivity contribution >= 4 is 29.2 Å². The average Bonchev–Trinajstić information content (AvgIpc) is 3.01. The minimum Gasteiger partial charge on any atom is -0.475 e. The number of benzene rings is 3. The Morgan fingerprint density at radius 2 is 1.55 bits per heavy atom. The van der Waals surface area contributed by atoms with Gasteiger partial charge < -0.3 is 26.0 Å². The lowest BCUT2D eigenvalue weighted by atomic mass is 10.1. The lowest BCUT2D eigenvalue weighted by Gasteiger charge is -2.28. The third kappa shape index (κ3) is 8.91. The highest BCUT2D eigenvalue weighted by Crippen LogP contribution is 2.22. The van der Waals surface area contributed by atoms with Crippen molar-refractivity contribution in [1.82, 2.24) is 15.1 Å². The van der Waals surface area contributed by atoms with Crippen molar-refractivity contribution in [2.24, 2.45) is 0 Å². The van der Waals surface area contributed by atoms with Crippen LogP contribution in [0.4, 0.5) is 35.2 Å². The van der Waals surface area contributed by atoms with Crippen molar-refractivity contribution in [3.8, 4) is 11.1 Å². The number of aromatic nitrogens is 2. The number of aryl methyl sites for hydroxylation is 1. The van der Waals surface area contributed by atoms with E-state index in [0.29, 0.717) is 17.9 Å². The van der Waals surface area contributed by atoms with E-state index in [1.807, 2.05) is 67.6 Å². The maximum Gasteiger partial charge on any atom is 0.490 e. The van der Waals surface area contributed by atoms with E-state index in [9.17, 15) is 22.8 Å². The van der Waals surface area contributed by atoms with E-state index in [1.165, 1.54) is 4.68 Å². The number of hydrogen-bond donors (Lipinski definition) is 4. The molecule has 0 unspecified atom stereocenters. The number of carbonyl (C=O) groups is 2. The molecular weight excluding hydrogens is 577 g/mol. The number of nitrogens with one attached hydrogen (secondary N) is 3. The number of carboxylic acid groups (broad SMARTS) is 1. The van der Waals surface area contributed by atoms with Crippen molar-refractivity contribution in [3.63, 3.8) is 0 Å². The molecule has 0 spiro atoms. The van der Waals surface area contributed by atoms with Crippen LogP contribution < -0.4 is 26.4 Å². The highest BCUT2D eigenvalue weighted by molar-refractivity contribution is 6.00. The van der Waals surface area contributed by atoms with Crippen LogP contribution in [0.2, 0.25) is 0 Å². The summed E-state index contributed by atoms with van der Waals surface area (Å²) < 4.78 is 33.2. The van der Waals surface area contributed by atoms with Crippen LogP contribution in [-0.2, 0) is 11.3 Å². The highest BCUT2D eigenvalue weighted by atomic mass is 19.4. The number of anilines is 3. The molecule has 2 heterocycles. The first-order valence-electron chi connectivity index (χ1n) is 13.7. The van der Waals surface area contributed by atoms with Gasteiger partial charge in [-0.1, -0.05) is 54.6 Å². The van der Waals surface area contributed by atoms with Gasteiger partial charge in [0.1, 0.15) is 5.82 Å².